The molecular formula is C28H25BO3. The van der Waals surface area contributed by atoms with Crippen LogP contribution in [-0.4, -0.2) is 23.8 Å². The van der Waals surface area contributed by atoms with E-state index in [2.05, 4.69) is 66.7 Å². The Morgan fingerprint density at radius 3 is 2.28 bits per heavy atom. The maximum Gasteiger partial charge on any atom is 0.309 e. The van der Waals surface area contributed by atoms with E-state index < -0.39 is 11.2 Å². The largest absolute Gasteiger partial charge is 0.456 e. The summed E-state index contributed by atoms with van der Waals surface area (Å²) in [7, 11) is 0.410. The van der Waals surface area contributed by atoms with Crippen LogP contribution >= 0.6 is 0 Å². The van der Waals surface area contributed by atoms with E-state index in [1.807, 2.05) is 13.8 Å². The molecule has 3 nitrogen and oxygen atoms in total. The minimum absolute atomic E-state index is 0.410. The zero-order valence-electron chi connectivity index (χ0n) is 18.8. The average molecular weight is 420 g/mol. The van der Waals surface area contributed by atoms with Crippen LogP contribution in [0.25, 0.3) is 55.0 Å². The first kappa shape index (κ1) is 19.6. The number of hydrogen-bond acceptors (Lipinski definition) is 3. The van der Waals surface area contributed by atoms with Crippen molar-refractivity contribution in [3.05, 3.63) is 66.7 Å². The first-order valence-electron chi connectivity index (χ1n) is 11.1. The lowest BCUT2D eigenvalue weighted by Crippen LogP contribution is -2.49. The van der Waals surface area contributed by atoms with Gasteiger partial charge in [0.25, 0.3) is 0 Å². The second-order valence-corrected chi connectivity index (χ2v) is 9.86. The number of hydrogen-bond donors (Lipinski definition) is 1. The van der Waals surface area contributed by atoms with Crippen molar-refractivity contribution >= 4 is 45.7 Å². The van der Waals surface area contributed by atoms with Gasteiger partial charge in [0.15, 0.2) is 0 Å². The van der Waals surface area contributed by atoms with Gasteiger partial charge >= 0.3 is 7.48 Å². The maximum absolute atomic E-state index is 10.4. The third-order valence-electron chi connectivity index (χ3n) is 7.24. The van der Waals surface area contributed by atoms with Gasteiger partial charge in [-0.3, -0.25) is 0 Å². The fourth-order valence-corrected chi connectivity index (χ4v) is 4.72. The summed E-state index contributed by atoms with van der Waals surface area (Å²) in [4.78, 5) is 0. The Balaban J connectivity index is 1.49. The molecule has 1 aliphatic carbocycles. The second-order valence-electron chi connectivity index (χ2n) is 9.86. The molecule has 0 unspecified atom stereocenters. The van der Waals surface area contributed by atoms with Gasteiger partial charge in [0.2, 0.25) is 0 Å². The maximum atomic E-state index is 10.4. The lowest BCUT2D eigenvalue weighted by molar-refractivity contribution is -0.0893. The summed E-state index contributed by atoms with van der Waals surface area (Å²) in [5.74, 6) is 0. The van der Waals surface area contributed by atoms with E-state index in [0.29, 0.717) is 7.48 Å². The molecule has 5 aromatic rings. The molecule has 1 N–H and O–H groups in total. The fraction of sp³-hybridized carbons (Fsp3) is 0.214. The number of fused-ring (bicyclic) bond motifs is 7. The van der Waals surface area contributed by atoms with Crippen LogP contribution in [0.5, 0.6) is 0 Å². The third-order valence-corrected chi connectivity index (χ3v) is 7.24. The van der Waals surface area contributed by atoms with Gasteiger partial charge in [-0.25, -0.2) is 0 Å². The van der Waals surface area contributed by atoms with Gasteiger partial charge in [-0.1, -0.05) is 48.5 Å². The van der Waals surface area contributed by atoms with Crippen molar-refractivity contribution in [2.24, 2.45) is 0 Å². The molecule has 1 heterocycles. The quantitative estimate of drug-likeness (QED) is 0.360. The lowest BCUT2D eigenvalue weighted by Gasteiger charge is -2.37. The van der Waals surface area contributed by atoms with E-state index >= 15 is 0 Å². The van der Waals surface area contributed by atoms with Crippen LogP contribution < -0.4 is 5.46 Å². The van der Waals surface area contributed by atoms with Gasteiger partial charge in [-0.2, -0.15) is 0 Å². The summed E-state index contributed by atoms with van der Waals surface area (Å²) in [5, 5.41) is 15.3. The Bertz CT molecular complexity index is 1530. The van der Waals surface area contributed by atoms with Gasteiger partial charge in [-0.05, 0) is 78.8 Å². The molecule has 0 fully saturated rings. The Labute approximate surface area is 187 Å². The molecule has 0 aliphatic heterocycles. The van der Waals surface area contributed by atoms with Crippen molar-refractivity contribution < 1.29 is 14.2 Å². The number of furan rings is 1. The summed E-state index contributed by atoms with van der Waals surface area (Å²) in [5.41, 5.74) is 6.29. The first-order valence-corrected chi connectivity index (χ1v) is 11.1. The molecule has 0 radical (unpaired) electrons. The van der Waals surface area contributed by atoms with E-state index in [4.69, 9.17) is 9.07 Å². The van der Waals surface area contributed by atoms with Crippen LogP contribution in [0, 0.1) is 0 Å². The van der Waals surface area contributed by atoms with Crippen molar-refractivity contribution in [3.8, 4) is 22.3 Å². The summed E-state index contributed by atoms with van der Waals surface area (Å²) in [6.07, 6.45) is 0. The van der Waals surface area contributed by atoms with Crippen molar-refractivity contribution in [3.63, 3.8) is 0 Å². The van der Waals surface area contributed by atoms with Gasteiger partial charge in [0, 0.05) is 16.3 Å². The molecule has 6 rings (SSSR count). The molecule has 0 spiro atoms. The van der Waals surface area contributed by atoms with Crippen LogP contribution in [0.4, 0.5) is 0 Å². The number of rotatable bonds is 4. The van der Waals surface area contributed by atoms with Crippen LogP contribution in [0.2, 0.25) is 0 Å². The molecular weight excluding hydrogens is 395 g/mol. The summed E-state index contributed by atoms with van der Waals surface area (Å²) in [6, 6.07) is 23.6. The summed E-state index contributed by atoms with van der Waals surface area (Å²) < 4.78 is 12.4. The van der Waals surface area contributed by atoms with Gasteiger partial charge < -0.3 is 14.2 Å². The smallest absolute Gasteiger partial charge is 0.309 e. The minimum atomic E-state index is -0.937. The second kappa shape index (κ2) is 6.47. The normalized spacial score (nSPS) is 13.3. The van der Waals surface area contributed by atoms with Crippen LogP contribution in [0.1, 0.15) is 27.7 Å². The number of benzene rings is 4. The predicted octanol–water partition coefficient (Wildman–Crippen LogP) is 5.93. The molecule has 0 saturated heterocycles. The molecule has 1 aromatic heterocycles. The zero-order chi connectivity index (χ0) is 22.3. The summed E-state index contributed by atoms with van der Waals surface area (Å²) in [6.45, 7) is 7.37. The van der Waals surface area contributed by atoms with E-state index in [0.717, 1.165) is 22.0 Å². The molecule has 0 atom stereocenters. The predicted molar refractivity (Wildman–Crippen MR) is 134 cm³/mol. The molecule has 158 valence electrons. The van der Waals surface area contributed by atoms with Crippen molar-refractivity contribution in [2.75, 3.05) is 0 Å². The minimum Gasteiger partial charge on any atom is -0.456 e. The van der Waals surface area contributed by atoms with E-state index in [-0.39, 0.29) is 0 Å². The van der Waals surface area contributed by atoms with Gasteiger partial charge in [-0.15, -0.1) is 0 Å². The topological polar surface area (TPSA) is 42.6 Å². The van der Waals surface area contributed by atoms with Crippen LogP contribution in [-0.2, 0) is 4.65 Å². The lowest BCUT2D eigenvalue weighted by atomic mass is 9.82. The van der Waals surface area contributed by atoms with E-state index in [1.165, 1.54) is 38.4 Å². The highest BCUT2D eigenvalue weighted by Gasteiger charge is 2.35. The molecule has 4 aromatic carbocycles. The molecule has 32 heavy (non-hydrogen) atoms. The highest BCUT2D eigenvalue weighted by atomic mass is 16.5. The van der Waals surface area contributed by atoms with E-state index in [1.54, 1.807) is 13.8 Å². The molecule has 0 saturated carbocycles. The Hall–Kier alpha value is -3.08. The monoisotopic (exact) mass is 420 g/mol. The van der Waals surface area contributed by atoms with Crippen molar-refractivity contribution in [1.82, 2.24) is 0 Å². The average Bonchev–Trinajstić information content (AvgIpc) is 3.28. The first-order chi connectivity index (χ1) is 15.2. The molecule has 4 heteroatoms. The third kappa shape index (κ3) is 2.70. The standard InChI is InChI=1S/C28H25BO3/c1-27(2,30)28(3,4)32-29-17-11-12-20-23(15-17)31-22-14-13-19-18-9-5-7-16-8-6-10-21(24(16)18)25(19)26(20)22/h5-15,29-30H,1-4H3. The van der Waals surface area contributed by atoms with Crippen LogP contribution in [0.3, 0.4) is 0 Å². The zero-order valence-corrected chi connectivity index (χ0v) is 18.8. The highest BCUT2D eigenvalue weighted by Crippen LogP contribution is 2.51. The SMILES string of the molecule is CC(C)(O)C(C)(C)OBc1ccc2c(c1)oc1ccc3c(c12)-c1cccc2cccc-3c12. The van der Waals surface area contributed by atoms with E-state index in [9.17, 15) is 5.11 Å². The van der Waals surface area contributed by atoms with Crippen LogP contribution in [0.15, 0.2) is 71.1 Å². The Kier molecular flexibility index (Phi) is 3.96. The van der Waals surface area contributed by atoms with Crippen molar-refractivity contribution in [1.29, 1.82) is 0 Å². The fourth-order valence-electron chi connectivity index (χ4n) is 4.72. The molecule has 0 amide bonds. The van der Waals surface area contributed by atoms with Gasteiger partial charge in [0.05, 0.1) is 11.2 Å². The molecule has 0 bridgehead atoms. The van der Waals surface area contributed by atoms with Crippen molar-refractivity contribution in [2.45, 2.75) is 38.9 Å². The Morgan fingerprint density at radius 2 is 1.53 bits per heavy atom. The highest BCUT2D eigenvalue weighted by molar-refractivity contribution is 6.47. The number of aliphatic hydroxyl groups is 1. The Morgan fingerprint density at radius 1 is 0.781 bits per heavy atom. The summed E-state index contributed by atoms with van der Waals surface area (Å²) >= 11 is 0. The van der Waals surface area contributed by atoms with Gasteiger partial charge in [0.1, 0.15) is 11.2 Å². The molecule has 1 aliphatic rings.